The molecule has 7 nitrogen and oxygen atoms in total. The Kier molecular flexibility index (Phi) is 3.81. The van der Waals surface area contributed by atoms with Gasteiger partial charge in [0, 0.05) is 18.2 Å². The molecule has 1 aromatic rings. The summed E-state index contributed by atoms with van der Waals surface area (Å²) >= 11 is 0. The van der Waals surface area contributed by atoms with Gasteiger partial charge >= 0.3 is 6.03 Å². The number of rotatable bonds is 5. The molecule has 2 aliphatic rings. The minimum atomic E-state index is -1.11. The van der Waals surface area contributed by atoms with Crippen LogP contribution in [0.25, 0.3) is 0 Å². The van der Waals surface area contributed by atoms with Crippen LogP contribution in [0.5, 0.6) is 0 Å². The minimum absolute atomic E-state index is 0.00883. The van der Waals surface area contributed by atoms with Gasteiger partial charge in [-0.2, -0.15) is 0 Å². The summed E-state index contributed by atoms with van der Waals surface area (Å²) in [6, 6.07) is 6.09. The van der Waals surface area contributed by atoms with Gasteiger partial charge in [-0.25, -0.2) is 4.79 Å². The van der Waals surface area contributed by atoms with Gasteiger partial charge in [-0.15, -0.1) is 0 Å². The summed E-state index contributed by atoms with van der Waals surface area (Å²) in [6.45, 7) is 2.08. The molecule has 0 spiro atoms. The van der Waals surface area contributed by atoms with Gasteiger partial charge in [0.25, 0.3) is 11.8 Å². The van der Waals surface area contributed by atoms with Gasteiger partial charge < -0.3 is 16.4 Å². The van der Waals surface area contributed by atoms with Crippen LogP contribution >= 0.6 is 0 Å². The van der Waals surface area contributed by atoms with Crippen LogP contribution in [0.15, 0.2) is 24.3 Å². The second-order valence-electron chi connectivity index (χ2n) is 6.32. The topological polar surface area (TPSA) is 113 Å². The van der Waals surface area contributed by atoms with E-state index in [4.69, 9.17) is 5.73 Å². The zero-order valence-electron chi connectivity index (χ0n) is 12.9. The van der Waals surface area contributed by atoms with Crippen LogP contribution in [0.1, 0.15) is 35.7 Å². The fourth-order valence-electron chi connectivity index (χ4n) is 2.71. The number of amides is 4. The maximum atomic E-state index is 12.1. The van der Waals surface area contributed by atoms with Crippen molar-refractivity contribution in [2.24, 2.45) is 11.7 Å². The second-order valence-corrected chi connectivity index (χ2v) is 6.32. The average Bonchev–Trinajstić information content (AvgIpc) is 3.33. The highest BCUT2D eigenvalue weighted by Crippen LogP contribution is 2.31. The normalized spacial score (nSPS) is 24.8. The molecule has 1 saturated carbocycles. The van der Waals surface area contributed by atoms with Crippen molar-refractivity contribution in [1.82, 2.24) is 16.0 Å². The van der Waals surface area contributed by atoms with E-state index in [9.17, 15) is 14.4 Å². The fourth-order valence-corrected chi connectivity index (χ4v) is 2.71. The first-order valence-electron chi connectivity index (χ1n) is 7.68. The van der Waals surface area contributed by atoms with Gasteiger partial charge in [0.1, 0.15) is 5.54 Å². The summed E-state index contributed by atoms with van der Waals surface area (Å²) in [5, 5.41) is 7.62. The summed E-state index contributed by atoms with van der Waals surface area (Å²) in [6.07, 6.45) is 2.27. The molecule has 0 radical (unpaired) electrons. The lowest BCUT2D eigenvalue weighted by atomic mass is 9.91. The Morgan fingerprint density at radius 1 is 1.35 bits per heavy atom. The highest BCUT2D eigenvalue weighted by molar-refractivity contribution is 6.07. The van der Waals surface area contributed by atoms with Crippen molar-refractivity contribution in [2.75, 3.05) is 6.54 Å². The number of hydrogen-bond acceptors (Lipinski definition) is 4. The number of nitrogens with one attached hydrogen (secondary N) is 3. The lowest BCUT2D eigenvalue weighted by molar-refractivity contribution is -0.123. The smallest absolute Gasteiger partial charge is 0.322 e. The Hall–Kier alpha value is -2.41. The highest BCUT2D eigenvalue weighted by atomic mass is 16.2. The quantitative estimate of drug-likeness (QED) is 0.581. The van der Waals surface area contributed by atoms with Crippen molar-refractivity contribution in [3.63, 3.8) is 0 Å². The van der Waals surface area contributed by atoms with Crippen LogP contribution in [-0.4, -0.2) is 30.4 Å². The second kappa shape index (κ2) is 5.66. The Labute approximate surface area is 134 Å². The van der Waals surface area contributed by atoms with Gasteiger partial charge in [-0.1, -0.05) is 12.1 Å². The molecular weight excluding hydrogens is 296 g/mol. The van der Waals surface area contributed by atoms with Crippen LogP contribution in [0.2, 0.25) is 0 Å². The van der Waals surface area contributed by atoms with E-state index in [-0.39, 0.29) is 11.9 Å². The third kappa shape index (κ3) is 3.05. The molecule has 1 aliphatic heterocycles. The lowest BCUT2D eigenvalue weighted by Crippen LogP contribution is -2.40. The summed E-state index contributed by atoms with van der Waals surface area (Å²) in [4.78, 5) is 35.3. The Balaban J connectivity index is 1.65. The standard InChI is InChI=1S/C16H20N4O3/c1-16(14(22)19-15(23)20-16)11-6-4-10(5-7-11)13(21)18-8-12(17)9-2-3-9/h4-7,9,12H,2-3,8,17H2,1H3,(H,18,21)(H2,19,20,22,23). The predicted octanol–water partition coefficient (Wildman–Crippen LogP) is 0.208. The number of hydrogen-bond donors (Lipinski definition) is 4. The maximum absolute atomic E-state index is 12.1. The molecule has 0 bridgehead atoms. The van der Waals surface area contributed by atoms with Gasteiger partial charge in [0.2, 0.25) is 0 Å². The van der Waals surface area contributed by atoms with Gasteiger partial charge in [0.05, 0.1) is 0 Å². The molecule has 4 amide bonds. The summed E-state index contributed by atoms with van der Waals surface area (Å²) in [5.41, 5.74) is 5.96. The van der Waals surface area contributed by atoms with Crippen molar-refractivity contribution in [3.05, 3.63) is 35.4 Å². The zero-order valence-corrected chi connectivity index (χ0v) is 12.9. The Bertz CT molecular complexity index is 654. The van der Waals surface area contributed by atoms with E-state index in [2.05, 4.69) is 16.0 Å². The van der Waals surface area contributed by atoms with Crippen LogP contribution in [0, 0.1) is 5.92 Å². The molecule has 3 rings (SSSR count). The molecule has 23 heavy (non-hydrogen) atoms. The number of carbonyl (C=O) groups excluding carboxylic acids is 3. The molecule has 122 valence electrons. The molecule has 1 aliphatic carbocycles. The molecule has 1 aromatic carbocycles. The van der Waals surface area contributed by atoms with E-state index in [1.807, 2.05) is 0 Å². The molecule has 2 atom stereocenters. The van der Waals surface area contributed by atoms with Crippen LogP contribution < -0.4 is 21.7 Å². The third-order valence-electron chi connectivity index (χ3n) is 4.49. The highest BCUT2D eigenvalue weighted by Gasteiger charge is 2.43. The first-order valence-corrected chi connectivity index (χ1v) is 7.68. The Morgan fingerprint density at radius 2 is 2.00 bits per heavy atom. The van der Waals surface area contributed by atoms with Crippen LogP contribution in [0.4, 0.5) is 4.79 Å². The number of urea groups is 1. The number of imide groups is 1. The number of benzene rings is 1. The largest absolute Gasteiger partial charge is 0.350 e. The molecule has 7 heteroatoms. The van der Waals surface area contributed by atoms with Crippen molar-refractivity contribution >= 4 is 17.8 Å². The van der Waals surface area contributed by atoms with Crippen molar-refractivity contribution in [3.8, 4) is 0 Å². The van der Waals surface area contributed by atoms with E-state index in [1.54, 1.807) is 31.2 Å². The van der Waals surface area contributed by atoms with Crippen LogP contribution in [-0.2, 0) is 10.3 Å². The lowest BCUT2D eigenvalue weighted by Gasteiger charge is -2.21. The summed E-state index contributed by atoms with van der Waals surface area (Å²) in [5.74, 6) is -0.0741. The van der Waals surface area contributed by atoms with E-state index >= 15 is 0 Å². The zero-order chi connectivity index (χ0) is 16.6. The van der Waals surface area contributed by atoms with Gasteiger partial charge in [-0.05, 0) is 43.4 Å². The van der Waals surface area contributed by atoms with Crippen molar-refractivity contribution in [1.29, 1.82) is 0 Å². The average molecular weight is 316 g/mol. The van der Waals surface area contributed by atoms with E-state index in [0.29, 0.717) is 23.6 Å². The van der Waals surface area contributed by atoms with E-state index in [1.165, 1.54) is 0 Å². The number of carbonyl (C=O) groups is 3. The molecule has 1 heterocycles. The predicted molar refractivity (Wildman–Crippen MR) is 83.5 cm³/mol. The van der Waals surface area contributed by atoms with E-state index < -0.39 is 17.5 Å². The third-order valence-corrected chi connectivity index (χ3v) is 4.49. The molecule has 0 aromatic heterocycles. The van der Waals surface area contributed by atoms with Crippen LogP contribution in [0.3, 0.4) is 0 Å². The Morgan fingerprint density at radius 3 is 2.52 bits per heavy atom. The monoisotopic (exact) mass is 316 g/mol. The summed E-state index contributed by atoms with van der Waals surface area (Å²) < 4.78 is 0. The van der Waals surface area contributed by atoms with Crippen molar-refractivity contribution < 1.29 is 14.4 Å². The summed E-state index contributed by atoms with van der Waals surface area (Å²) in [7, 11) is 0. The minimum Gasteiger partial charge on any atom is -0.350 e. The number of nitrogens with two attached hydrogens (primary N) is 1. The van der Waals surface area contributed by atoms with Gasteiger partial charge in [0.15, 0.2) is 0 Å². The fraction of sp³-hybridized carbons (Fsp3) is 0.438. The molecule has 1 saturated heterocycles. The SMILES string of the molecule is CC1(c2ccc(C(=O)NCC(N)C3CC3)cc2)NC(=O)NC1=O. The molecule has 2 unspecified atom stereocenters. The van der Waals surface area contributed by atoms with Crippen molar-refractivity contribution in [2.45, 2.75) is 31.3 Å². The van der Waals surface area contributed by atoms with E-state index in [0.717, 1.165) is 12.8 Å². The molecule has 2 fully saturated rings. The molecule has 5 N–H and O–H groups in total. The maximum Gasteiger partial charge on any atom is 0.322 e. The van der Waals surface area contributed by atoms with Gasteiger partial charge in [-0.3, -0.25) is 14.9 Å². The first kappa shape index (κ1) is 15.5. The molecular formula is C16H20N4O3. The first-order chi connectivity index (χ1) is 10.9.